The molecule has 134 valence electrons. The maximum absolute atomic E-state index is 11.6. The summed E-state index contributed by atoms with van der Waals surface area (Å²) in [5, 5.41) is 8.28. The zero-order valence-corrected chi connectivity index (χ0v) is 14.8. The van der Waals surface area contributed by atoms with Gasteiger partial charge in [-0.25, -0.2) is 9.59 Å². The van der Waals surface area contributed by atoms with Crippen LogP contribution >= 0.6 is 0 Å². The van der Waals surface area contributed by atoms with E-state index in [4.69, 9.17) is 19.6 Å². The van der Waals surface area contributed by atoms with Crippen molar-refractivity contribution >= 4 is 12.1 Å². The highest BCUT2D eigenvalue weighted by atomic mass is 17.2. The van der Waals surface area contributed by atoms with Crippen LogP contribution in [0, 0.1) is 5.41 Å². The molecule has 0 saturated carbocycles. The fraction of sp³-hybridized carbons (Fsp3) is 0.750. The Morgan fingerprint density at radius 1 is 1.04 bits per heavy atom. The van der Waals surface area contributed by atoms with Crippen molar-refractivity contribution in [2.75, 3.05) is 13.2 Å². The molecule has 0 bridgehead atoms. The van der Waals surface area contributed by atoms with Crippen molar-refractivity contribution in [2.24, 2.45) is 5.41 Å². The highest BCUT2D eigenvalue weighted by Crippen LogP contribution is 2.30. The third-order valence-corrected chi connectivity index (χ3v) is 2.51. The van der Waals surface area contributed by atoms with Crippen molar-refractivity contribution in [1.29, 1.82) is 0 Å². The van der Waals surface area contributed by atoms with Crippen LogP contribution in [0.15, 0.2) is 11.8 Å². The first-order valence-corrected chi connectivity index (χ1v) is 7.54. The molecule has 0 unspecified atom stereocenters. The first-order chi connectivity index (χ1) is 10.4. The molecular weight excluding hydrogens is 304 g/mol. The minimum atomic E-state index is -1.41. The van der Waals surface area contributed by atoms with Gasteiger partial charge in [-0.1, -0.05) is 27.7 Å². The van der Waals surface area contributed by atoms with Gasteiger partial charge in [0.25, 0.3) is 0 Å². The molecule has 0 atom stereocenters. The lowest BCUT2D eigenvalue weighted by molar-refractivity contribution is -0.333. The summed E-state index contributed by atoms with van der Waals surface area (Å²) in [7, 11) is 0. The second-order valence-electron chi connectivity index (χ2n) is 6.91. The topological polar surface area (TPSA) is 91.3 Å². The van der Waals surface area contributed by atoms with Gasteiger partial charge in [0, 0.05) is 6.42 Å². The second-order valence-corrected chi connectivity index (χ2v) is 6.91. The number of carbonyl (C=O) groups is 2. The molecule has 1 N–H and O–H groups in total. The lowest BCUT2D eigenvalue weighted by atomic mass is 9.84. The van der Waals surface area contributed by atoms with Gasteiger partial charge in [-0.3, -0.25) is 0 Å². The first kappa shape index (κ1) is 21.2. The van der Waals surface area contributed by atoms with E-state index >= 15 is 0 Å². The summed E-state index contributed by atoms with van der Waals surface area (Å²) in [5.74, 6) is -0.316. The van der Waals surface area contributed by atoms with E-state index in [-0.39, 0.29) is 18.6 Å². The monoisotopic (exact) mass is 332 g/mol. The highest BCUT2D eigenvalue weighted by molar-refractivity contribution is 5.82. The van der Waals surface area contributed by atoms with Crippen LogP contribution in [0.2, 0.25) is 0 Å². The number of hydrogen-bond acceptors (Lipinski definition) is 6. The average Bonchev–Trinajstić information content (AvgIpc) is 2.36. The van der Waals surface area contributed by atoms with Gasteiger partial charge in [0.2, 0.25) is 0 Å². The van der Waals surface area contributed by atoms with Crippen LogP contribution in [-0.4, -0.2) is 36.0 Å². The minimum absolute atomic E-state index is 0.0754. The van der Waals surface area contributed by atoms with E-state index in [1.165, 1.54) is 6.08 Å². The molecule has 0 fully saturated rings. The van der Waals surface area contributed by atoms with E-state index in [2.05, 4.69) is 25.5 Å². The van der Waals surface area contributed by atoms with Gasteiger partial charge in [-0.05, 0) is 25.7 Å². The van der Waals surface area contributed by atoms with Crippen molar-refractivity contribution < 1.29 is 33.9 Å². The summed E-state index contributed by atoms with van der Waals surface area (Å²) < 4.78 is 9.02. The summed E-state index contributed by atoms with van der Waals surface area (Å²) in [6.45, 7) is 11.6. The molecule has 0 heterocycles. The van der Waals surface area contributed by atoms with E-state index in [1.807, 2.05) is 20.8 Å². The molecule has 0 radical (unpaired) electrons. The zero-order valence-electron chi connectivity index (χ0n) is 14.8. The lowest BCUT2D eigenvalue weighted by Crippen LogP contribution is -2.30. The Bertz CT molecular complexity index is 419. The Balaban J connectivity index is 4.36. The third kappa shape index (κ3) is 12.5. The van der Waals surface area contributed by atoms with Crippen LogP contribution in [0.4, 0.5) is 4.79 Å². The van der Waals surface area contributed by atoms with Crippen LogP contribution in [0.5, 0.6) is 0 Å². The molecule has 0 saturated heterocycles. The van der Waals surface area contributed by atoms with Crippen molar-refractivity contribution in [3.8, 4) is 0 Å². The quantitative estimate of drug-likeness (QED) is 0.172. The Morgan fingerprint density at radius 3 is 2.09 bits per heavy atom. The lowest BCUT2D eigenvalue weighted by Gasteiger charge is -2.31. The van der Waals surface area contributed by atoms with Crippen LogP contribution < -0.4 is 0 Å². The maximum Gasteiger partial charge on any atom is 0.505 e. The fourth-order valence-corrected chi connectivity index (χ4v) is 2.10. The second kappa shape index (κ2) is 9.39. The van der Waals surface area contributed by atoms with E-state index in [0.717, 1.165) is 6.42 Å². The number of ether oxygens (including phenoxy) is 2. The summed E-state index contributed by atoms with van der Waals surface area (Å²) in [4.78, 5) is 32.4. The zero-order chi connectivity index (χ0) is 18.1. The molecule has 0 amide bonds. The minimum Gasteiger partial charge on any atom is -0.459 e. The van der Waals surface area contributed by atoms with Crippen LogP contribution in [0.3, 0.4) is 0 Å². The number of esters is 1. The number of carbonyl (C=O) groups excluding carboxylic acids is 1. The molecule has 0 aliphatic rings. The fourth-order valence-electron chi connectivity index (χ4n) is 2.10. The van der Waals surface area contributed by atoms with E-state index < -0.39 is 17.7 Å². The molecule has 0 aromatic heterocycles. The van der Waals surface area contributed by atoms with Crippen molar-refractivity contribution in [2.45, 2.75) is 60.0 Å². The molecule has 0 aromatic carbocycles. The molecular formula is C16H28O7. The van der Waals surface area contributed by atoms with Crippen LogP contribution in [0.25, 0.3) is 0 Å². The number of rotatable bonds is 9. The molecule has 0 spiro atoms. The third-order valence-electron chi connectivity index (χ3n) is 2.51. The van der Waals surface area contributed by atoms with Gasteiger partial charge in [-0.15, -0.1) is 0 Å². The maximum atomic E-state index is 11.6. The molecule has 0 aromatic rings. The Kier molecular flexibility index (Phi) is 8.68. The SMILES string of the molecule is CCC(=CC(=O)OCCOC(=O)O)OOC(C)(C)CC(C)(C)C. The van der Waals surface area contributed by atoms with Crippen molar-refractivity contribution in [3.63, 3.8) is 0 Å². The smallest absolute Gasteiger partial charge is 0.459 e. The summed E-state index contributed by atoms with van der Waals surface area (Å²) >= 11 is 0. The Morgan fingerprint density at radius 2 is 1.61 bits per heavy atom. The van der Waals surface area contributed by atoms with Gasteiger partial charge in [-0.2, -0.15) is 4.89 Å². The van der Waals surface area contributed by atoms with Crippen molar-refractivity contribution in [3.05, 3.63) is 11.8 Å². The predicted octanol–water partition coefficient (Wildman–Crippen LogP) is 3.68. The molecule has 23 heavy (non-hydrogen) atoms. The molecule has 0 rings (SSSR count). The number of hydrogen-bond donors (Lipinski definition) is 1. The molecule has 0 aliphatic heterocycles. The number of allylic oxidation sites excluding steroid dienone is 1. The predicted molar refractivity (Wildman–Crippen MR) is 83.6 cm³/mol. The number of carboxylic acid groups (broad SMARTS) is 1. The first-order valence-electron chi connectivity index (χ1n) is 7.54. The van der Waals surface area contributed by atoms with Crippen LogP contribution in [-0.2, 0) is 24.0 Å². The van der Waals surface area contributed by atoms with Crippen molar-refractivity contribution in [1.82, 2.24) is 0 Å². The molecule has 7 heteroatoms. The van der Waals surface area contributed by atoms with Gasteiger partial charge in [0.15, 0.2) is 0 Å². The normalized spacial score (nSPS) is 12.7. The standard InChI is InChI=1S/C16H28O7/c1-7-12(10-13(17)20-8-9-21-14(18)19)22-23-16(5,6)11-15(2,3)4/h10H,7-9,11H2,1-6H3,(H,18,19). The molecule has 0 aliphatic carbocycles. The van der Waals surface area contributed by atoms with E-state index in [1.54, 1.807) is 0 Å². The van der Waals surface area contributed by atoms with Gasteiger partial charge in [0.1, 0.15) is 24.6 Å². The molecule has 7 nitrogen and oxygen atoms in total. The average molecular weight is 332 g/mol. The van der Waals surface area contributed by atoms with Gasteiger partial charge < -0.3 is 19.5 Å². The Hall–Kier alpha value is -1.76. The van der Waals surface area contributed by atoms with E-state index in [0.29, 0.717) is 12.2 Å². The van der Waals surface area contributed by atoms with Gasteiger partial charge in [0.05, 0.1) is 6.08 Å². The largest absolute Gasteiger partial charge is 0.505 e. The van der Waals surface area contributed by atoms with Crippen LogP contribution in [0.1, 0.15) is 54.4 Å². The van der Waals surface area contributed by atoms with Gasteiger partial charge >= 0.3 is 12.1 Å². The summed E-state index contributed by atoms with van der Waals surface area (Å²) in [5.41, 5.74) is -0.433. The summed E-state index contributed by atoms with van der Waals surface area (Å²) in [6.07, 6.45) is 0.984. The highest BCUT2D eigenvalue weighted by Gasteiger charge is 2.28. The Labute approximate surface area is 137 Å². The summed E-state index contributed by atoms with van der Waals surface area (Å²) in [6, 6.07) is 0. The van der Waals surface area contributed by atoms with E-state index in [9.17, 15) is 9.59 Å².